The summed E-state index contributed by atoms with van der Waals surface area (Å²) in [6.07, 6.45) is 11.2. The molecule has 0 bridgehead atoms. The number of hydrogen-bond acceptors (Lipinski definition) is 0. The van der Waals surface area contributed by atoms with Gasteiger partial charge in [0, 0.05) is 0 Å². The van der Waals surface area contributed by atoms with Gasteiger partial charge in [-0.2, -0.15) is 0 Å². The average molecular weight is 533 g/mol. The van der Waals surface area contributed by atoms with Crippen LogP contribution in [0.4, 0.5) is 0 Å². The van der Waals surface area contributed by atoms with Crippen molar-refractivity contribution in [2.45, 2.75) is 43.9 Å². The van der Waals surface area contributed by atoms with Crippen LogP contribution in [0.2, 0.25) is 13.1 Å². The molecular formula is C26H30Cl2SiZr. The largest absolute Gasteiger partial charge is 1.00 e. The van der Waals surface area contributed by atoms with E-state index >= 15 is 0 Å². The number of hydrogen-bond donors (Lipinski definition) is 0. The van der Waals surface area contributed by atoms with E-state index in [0.717, 1.165) is 0 Å². The number of rotatable bonds is 3. The third-order valence-electron chi connectivity index (χ3n) is 6.04. The van der Waals surface area contributed by atoms with Crippen LogP contribution in [0.25, 0.3) is 17.2 Å². The van der Waals surface area contributed by atoms with E-state index in [1.54, 1.807) is 11.1 Å². The maximum absolute atomic E-state index is 2.57. The smallest absolute Gasteiger partial charge is 1.00 e. The number of allylic oxidation sites excluding steroid dienone is 5. The van der Waals surface area contributed by atoms with Crippen LogP contribution in [-0.2, 0) is 20.4 Å². The summed E-state index contributed by atoms with van der Waals surface area (Å²) < 4.78 is 2.56. The second-order valence-electron chi connectivity index (χ2n) is 9.24. The molecule has 4 rings (SSSR count). The second-order valence-corrected chi connectivity index (χ2v) is 26.9. The minimum Gasteiger partial charge on any atom is -1.00 e. The van der Waals surface area contributed by atoms with Crippen molar-refractivity contribution in [3.05, 3.63) is 86.7 Å². The Bertz CT molecular complexity index is 1040. The van der Waals surface area contributed by atoms with E-state index in [-0.39, 0.29) is 30.2 Å². The summed E-state index contributed by atoms with van der Waals surface area (Å²) in [4.78, 5) is 0. The predicted molar refractivity (Wildman–Crippen MR) is 121 cm³/mol. The standard InChI is InChI=1S/C15H11.C9H13.C2H6Si.2ClH.Zr/c1-2-6-12(7-3-1)14-10-4-8-13-9-5-11-15(13)14;1-9(2,3)8-6-4-5-7-8;1-3-2;;;/h1-11H;4,6H,7H2,1-3H3;1-2H3;2*1H;/q;;;;;+2/p-2. The first-order chi connectivity index (χ1) is 13.4. The summed E-state index contributed by atoms with van der Waals surface area (Å²) in [5.74, 6) is 0. The van der Waals surface area contributed by atoms with Gasteiger partial charge in [0.25, 0.3) is 0 Å². The first-order valence-corrected chi connectivity index (χ1v) is 19.1. The molecule has 2 aliphatic carbocycles. The molecule has 0 radical (unpaired) electrons. The third kappa shape index (κ3) is 5.04. The monoisotopic (exact) mass is 530 g/mol. The molecule has 0 heterocycles. The van der Waals surface area contributed by atoms with Gasteiger partial charge in [0.15, 0.2) is 0 Å². The van der Waals surface area contributed by atoms with Gasteiger partial charge in [0.05, 0.1) is 0 Å². The van der Waals surface area contributed by atoms with Crippen molar-refractivity contribution in [2.24, 2.45) is 5.41 Å². The van der Waals surface area contributed by atoms with Crippen LogP contribution in [0.1, 0.15) is 41.9 Å². The molecule has 0 aromatic heterocycles. The van der Waals surface area contributed by atoms with Gasteiger partial charge in [-0.3, -0.25) is 0 Å². The minimum absolute atomic E-state index is 0. The van der Waals surface area contributed by atoms with Crippen molar-refractivity contribution < 1.29 is 45.2 Å². The summed E-state index contributed by atoms with van der Waals surface area (Å²) in [5.41, 5.74) is 7.46. The third-order valence-corrected chi connectivity index (χ3v) is 24.1. The number of benzene rings is 2. The maximum Gasteiger partial charge on any atom is -1.00 e. The Morgan fingerprint density at radius 2 is 1.60 bits per heavy atom. The van der Waals surface area contributed by atoms with Crippen LogP contribution in [-0.4, -0.2) is 5.43 Å². The summed E-state index contributed by atoms with van der Waals surface area (Å²) in [6, 6.07) is 17.9. The van der Waals surface area contributed by atoms with Gasteiger partial charge in [0.2, 0.25) is 0 Å². The number of halogens is 2. The Morgan fingerprint density at radius 3 is 2.20 bits per heavy atom. The van der Waals surface area contributed by atoms with Crippen molar-refractivity contribution in [3.63, 3.8) is 0 Å². The normalized spacial score (nSPS) is 16.5. The molecule has 0 amide bonds. The van der Waals surface area contributed by atoms with Crippen LogP contribution in [0, 0.1) is 5.41 Å². The fourth-order valence-corrected chi connectivity index (χ4v) is 22.3. The van der Waals surface area contributed by atoms with Gasteiger partial charge in [-0.05, 0) is 0 Å². The molecule has 1 unspecified atom stereocenters. The first-order valence-electron chi connectivity index (χ1n) is 10.3. The van der Waals surface area contributed by atoms with Gasteiger partial charge < -0.3 is 24.8 Å². The Hall–Kier alpha value is -0.660. The topological polar surface area (TPSA) is 0 Å². The van der Waals surface area contributed by atoms with Crippen molar-refractivity contribution in [3.8, 4) is 11.1 Å². The Labute approximate surface area is 202 Å². The van der Waals surface area contributed by atoms with Crippen LogP contribution in [0.3, 0.4) is 0 Å². The van der Waals surface area contributed by atoms with E-state index in [1.807, 2.05) is 3.28 Å². The quantitative estimate of drug-likeness (QED) is 0.527. The van der Waals surface area contributed by atoms with E-state index < -0.39 is 20.4 Å². The summed E-state index contributed by atoms with van der Waals surface area (Å²) in [7, 11) is 0. The molecule has 0 nitrogen and oxygen atoms in total. The van der Waals surface area contributed by atoms with E-state index in [1.165, 1.54) is 23.1 Å². The van der Waals surface area contributed by atoms with Crippen LogP contribution in [0.15, 0.2) is 75.6 Å². The molecular weight excluding hydrogens is 503 g/mol. The molecule has 0 N–H and O–H groups in total. The van der Waals surface area contributed by atoms with E-state index in [2.05, 4.69) is 107 Å². The van der Waals surface area contributed by atoms with Gasteiger partial charge >= 0.3 is 179 Å². The van der Waals surface area contributed by atoms with E-state index in [4.69, 9.17) is 0 Å². The minimum atomic E-state index is -1.76. The SMILES string of the molecule is C[Si](C)=[Zr+2]([C]1=CC=C(C(C)(C)C)C1)[CH]1C=Cc2c(-c3ccccc3)cccc21.[Cl-].[Cl-]. The summed E-state index contributed by atoms with van der Waals surface area (Å²) >= 11 is -1.76. The van der Waals surface area contributed by atoms with Gasteiger partial charge in [0.1, 0.15) is 0 Å². The second kappa shape index (κ2) is 10.3. The molecule has 0 aliphatic heterocycles. The van der Waals surface area contributed by atoms with Gasteiger partial charge in [-0.25, -0.2) is 0 Å². The zero-order chi connectivity index (χ0) is 19.9. The average Bonchev–Trinajstić information content (AvgIpc) is 3.30. The van der Waals surface area contributed by atoms with E-state index in [0.29, 0.717) is 9.04 Å². The molecule has 2 aromatic rings. The Kier molecular flexibility index (Phi) is 8.79. The predicted octanol–water partition coefficient (Wildman–Crippen LogP) is 1.56. The zero-order valence-electron chi connectivity index (χ0n) is 18.5. The fourth-order valence-electron chi connectivity index (χ4n) is 4.51. The Balaban J connectivity index is 0.00000160. The van der Waals surface area contributed by atoms with Crippen LogP contribution < -0.4 is 24.8 Å². The van der Waals surface area contributed by atoms with Crippen molar-refractivity contribution >= 4 is 11.5 Å². The van der Waals surface area contributed by atoms with Gasteiger partial charge in [-0.1, -0.05) is 0 Å². The van der Waals surface area contributed by atoms with E-state index in [9.17, 15) is 0 Å². The molecule has 0 saturated carbocycles. The number of fused-ring (bicyclic) bond motifs is 1. The summed E-state index contributed by atoms with van der Waals surface area (Å²) in [5, 5.41) is 0. The molecule has 1 atom stereocenters. The Morgan fingerprint density at radius 1 is 0.900 bits per heavy atom. The molecule has 2 aliphatic rings. The van der Waals surface area contributed by atoms with Crippen LogP contribution in [0.5, 0.6) is 0 Å². The molecule has 0 saturated heterocycles. The van der Waals surface area contributed by atoms with Crippen LogP contribution >= 0.6 is 0 Å². The first kappa shape index (κ1) is 25.6. The molecule has 30 heavy (non-hydrogen) atoms. The fraction of sp³-hybridized carbons (Fsp3) is 0.308. The van der Waals surface area contributed by atoms with Crippen molar-refractivity contribution in [1.29, 1.82) is 0 Å². The maximum atomic E-state index is 2.57. The molecule has 2 aromatic carbocycles. The molecule has 0 spiro atoms. The molecule has 0 fully saturated rings. The molecule has 156 valence electrons. The molecule has 4 heteroatoms. The summed E-state index contributed by atoms with van der Waals surface area (Å²) in [6.45, 7) is 12.2. The van der Waals surface area contributed by atoms with Crippen molar-refractivity contribution in [2.75, 3.05) is 0 Å². The zero-order valence-corrected chi connectivity index (χ0v) is 23.4. The van der Waals surface area contributed by atoms with Gasteiger partial charge in [-0.15, -0.1) is 0 Å². The van der Waals surface area contributed by atoms with Crippen molar-refractivity contribution in [1.82, 2.24) is 0 Å².